The van der Waals surface area contributed by atoms with E-state index in [9.17, 15) is 0 Å². The van der Waals surface area contributed by atoms with Crippen molar-refractivity contribution in [3.63, 3.8) is 0 Å². The van der Waals surface area contributed by atoms with Gasteiger partial charge in [0.25, 0.3) is 0 Å². The Hall–Kier alpha value is -1.34. The quantitative estimate of drug-likeness (QED) is 0.495. The van der Waals surface area contributed by atoms with E-state index in [4.69, 9.17) is 10.9 Å². The molecule has 70 valence electrons. The lowest BCUT2D eigenvalue weighted by Crippen LogP contribution is -2.41. The zero-order chi connectivity index (χ0) is 9.73. The summed E-state index contributed by atoms with van der Waals surface area (Å²) in [6.45, 7) is 1.63. The molecule has 4 heteroatoms. The normalized spacial score (nSPS) is 11.2. The van der Waals surface area contributed by atoms with E-state index in [1.165, 1.54) is 6.33 Å². The van der Waals surface area contributed by atoms with E-state index >= 15 is 0 Å². The molecule has 4 nitrogen and oxygen atoms in total. The SMILES string of the molecule is C#CC[N+](C)(C)CCc1ncno1. The molecule has 1 aromatic heterocycles. The van der Waals surface area contributed by atoms with Crippen LogP contribution in [-0.4, -0.2) is 41.8 Å². The highest BCUT2D eigenvalue weighted by atomic mass is 16.5. The maximum Gasteiger partial charge on any atom is 0.232 e. The fourth-order valence-electron chi connectivity index (χ4n) is 1.03. The van der Waals surface area contributed by atoms with E-state index in [2.05, 4.69) is 30.2 Å². The summed E-state index contributed by atoms with van der Waals surface area (Å²) >= 11 is 0. The summed E-state index contributed by atoms with van der Waals surface area (Å²) in [5.41, 5.74) is 0. The van der Waals surface area contributed by atoms with Gasteiger partial charge in [-0.05, 0) is 5.92 Å². The number of nitrogens with zero attached hydrogens (tertiary/aromatic N) is 3. The van der Waals surface area contributed by atoms with E-state index in [1.54, 1.807) is 0 Å². The third-order valence-corrected chi connectivity index (χ3v) is 1.86. The largest absolute Gasteiger partial charge is 0.339 e. The first-order valence-electron chi connectivity index (χ1n) is 4.15. The predicted molar refractivity (Wildman–Crippen MR) is 48.7 cm³/mol. The molecule has 0 bridgehead atoms. The molecule has 1 rings (SSSR count). The molecule has 0 saturated heterocycles. The molecule has 0 unspecified atom stereocenters. The highest BCUT2D eigenvalue weighted by Crippen LogP contribution is 2.00. The van der Waals surface area contributed by atoms with Crippen molar-refractivity contribution in [3.8, 4) is 12.3 Å². The first-order valence-corrected chi connectivity index (χ1v) is 4.15. The average molecular weight is 180 g/mol. The van der Waals surface area contributed by atoms with Crippen molar-refractivity contribution in [1.29, 1.82) is 0 Å². The Kier molecular flexibility index (Phi) is 3.04. The van der Waals surface area contributed by atoms with Crippen molar-refractivity contribution >= 4 is 0 Å². The maximum atomic E-state index is 5.25. The Bertz CT molecular complexity index is 284. The summed E-state index contributed by atoms with van der Waals surface area (Å²) in [5, 5.41) is 3.54. The van der Waals surface area contributed by atoms with E-state index in [0.717, 1.165) is 17.4 Å². The minimum absolute atomic E-state index is 0.670. The van der Waals surface area contributed by atoms with Gasteiger partial charge < -0.3 is 9.01 Å². The molecule has 0 saturated carbocycles. The summed E-state index contributed by atoms with van der Waals surface area (Å²) < 4.78 is 5.66. The predicted octanol–water partition coefficient (Wildman–Crippen LogP) is 0.322. The van der Waals surface area contributed by atoms with Crippen LogP contribution in [0.15, 0.2) is 10.9 Å². The molecule has 0 aromatic carbocycles. The summed E-state index contributed by atoms with van der Waals surface area (Å²) in [7, 11) is 4.16. The molecule has 0 aliphatic rings. The topological polar surface area (TPSA) is 38.9 Å². The van der Waals surface area contributed by atoms with Crippen molar-refractivity contribution in [2.45, 2.75) is 6.42 Å². The molecular weight excluding hydrogens is 166 g/mol. The van der Waals surface area contributed by atoms with Gasteiger partial charge in [0.15, 0.2) is 6.33 Å². The standard InChI is InChI=1S/C9H14N3O/c1-4-6-12(2,3)7-5-9-10-8-11-13-9/h1,8H,5-7H2,2-3H3/q+1. The number of rotatable bonds is 4. The van der Waals surface area contributed by atoms with Crippen LogP contribution in [0.2, 0.25) is 0 Å². The first-order chi connectivity index (χ1) is 6.14. The summed E-state index contributed by atoms with van der Waals surface area (Å²) in [5.74, 6) is 3.31. The molecule has 1 heterocycles. The maximum absolute atomic E-state index is 5.25. The van der Waals surface area contributed by atoms with Crippen LogP contribution in [0.3, 0.4) is 0 Å². The molecule has 0 radical (unpaired) electrons. The fraction of sp³-hybridized carbons (Fsp3) is 0.556. The van der Waals surface area contributed by atoms with Crippen LogP contribution < -0.4 is 0 Å². The zero-order valence-electron chi connectivity index (χ0n) is 8.03. The average Bonchev–Trinajstić information content (AvgIpc) is 2.52. The van der Waals surface area contributed by atoms with E-state index < -0.39 is 0 Å². The first kappa shape index (κ1) is 9.75. The second-order valence-electron chi connectivity index (χ2n) is 3.61. The molecule has 0 aliphatic heterocycles. The van der Waals surface area contributed by atoms with Gasteiger partial charge in [-0.25, -0.2) is 0 Å². The third-order valence-electron chi connectivity index (χ3n) is 1.86. The molecule has 0 spiro atoms. The van der Waals surface area contributed by atoms with Crippen LogP contribution in [0.4, 0.5) is 0 Å². The van der Waals surface area contributed by atoms with Crippen molar-refractivity contribution in [2.24, 2.45) is 0 Å². The Morgan fingerprint density at radius 2 is 2.38 bits per heavy atom. The number of aromatic nitrogens is 2. The Labute approximate surface area is 78.1 Å². The number of hydrogen-bond acceptors (Lipinski definition) is 3. The highest BCUT2D eigenvalue weighted by molar-refractivity contribution is 4.83. The number of quaternary nitrogens is 1. The van der Waals surface area contributed by atoms with Gasteiger partial charge in [0.1, 0.15) is 6.54 Å². The van der Waals surface area contributed by atoms with Crippen molar-refractivity contribution < 1.29 is 9.01 Å². The molecule has 13 heavy (non-hydrogen) atoms. The van der Waals surface area contributed by atoms with Crippen LogP contribution >= 0.6 is 0 Å². The minimum Gasteiger partial charge on any atom is -0.339 e. The Morgan fingerprint density at radius 1 is 1.62 bits per heavy atom. The van der Waals surface area contributed by atoms with Crippen LogP contribution in [0, 0.1) is 12.3 Å². The van der Waals surface area contributed by atoms with E-state index in [1.807, 2.05) is 0 Å². The van der Waals surface area contributed by atoms with Crippen LogP contribution in [0.25, 0.3) is 0 Å². The molecule has 0 amide bonds. The van der Waals surface area contributed by atoms with Gasteiger partial charge in [0.05, 0.1) is 27.1 Å². The van der Waals surface area contributed by atoms with Gasteiger partial charge in [-0.1, -0.05) is 5.16 Å². The number of terminal acetylenes is 1. The van der Waals surface area contributed by atoms with Crippen molar-refractivity contribution in [3.05, 3.63) is 12.2 Å². The second kappa shape index (κ2) is 4.06. The number of likely N-dealkylation sites (N-methyl/N-ethyl adjacent to an activating group) is 1. The summed E-state index contributed by atoms with van der Waals surface area (Å²) in [6, 6.07) is 0. The molecule has 0 aliphatic carbocycles. The molecule has 0 N–H and O–H groups in total. The molecule has 0 atom stereocenters. The highest BCUT2D eigenvalue weighted by Gasteiger charge is 2.14. The Balaban J connectivity index is 2.38. The van der Waals surface area contributed by atoms with Crippen LogP contribution in [-0.2, 0) is 6.42 Å². The van der Waals surface area contributed by atoms with E-state index in [-0.39, 0.29) is 0 Å². The van der Waals surface area contributed by atoms with Gasteiger partial charge in [-0.15, -0.1) is 6.42 Å². The lowest BCUT2D eigenvalue weighted by atomic mass is 10.3. The van der Waals surface area contributed by atoms with Gasteiger partial charge in [-0.3, -0.25) is 0 Å². The van der Waals surface area contributed by atoms with E-state index in [0.29, 0.717) is 12.4 Å². The molecule has 0 fully saturated rings. The van der Waals surface area contributed by atoms with Gasteiger partial charge >= 0.3 is 0 Å². The summed E-state index contributed by atoms with van der Waals surface area (Å²) in [6.07, 6.45) is 7.43. The minimum atomic E-state index is 0.670. The Morgan fingerprint density at radius 3 is 2.92 bits per heavy atom. The zero-order valence-corrected chi connectivity index (χ0v) is 8.03. The van der Waals surface area contributed by atoms with Crippen molar-refractivity contribution in [2.75, 3.05) is 27.2 Å². The van der Waals surface area contributed by atoms with Crippen LogP contribution in [0.1, 0.15) is 5.89 Å². The van der Waals surface area contributed by atoms with Crippen LogP contribution in [0.5, 0.6) is 0 Å². The third kappa shape index (κ3) is 3.26. The lowest BCUT2D eigenvalue weighted by molar-refractivity contribution is -0.883. The van der Waals surface area contributed by atoms with Crippen molar-refractivity contribution in [1.82, 2.24) is 10.1 Å². The second-order valence-corrected chi connectivity index (χ2v) is 3.61. The number of hydrogen-bond donors (Lipinski definition) is 0. The molecule has 1 aromatic rings. The smallest absolute Gasteiger partial charge is 0.232 e. The lowest BCUT2D eigenvalue weighted by Gasteiger charge is -2.26. The van der Waals surface area contributed by atoms with Gasteiger partial charge in [-0.2, -0.15) is 4.98 Å². The fourth-order valence-corrected chi connectivity index (χ4v) is 1.03. The van der Waals surface area contributed by atoms with Gasteiger partial charge in [0.2, 0.25) is 5.89 Å². The summed E-state index contributed by atoms with van der Waals surface area (Å²) in [4.78, 5) is 3.94. The van der Waals surface area contributed by atoms with Gasteiger partial charge in [0, 0.05) is 0 Å². The monoisotopic (exact) mass is 180 g/mol. The molecular formula is C9H14N3O+.